The van der Waals surface area contributed by atoms with Crippen LogP contribution in [0.2, 0.25) is 0 Å². The molecule has 2 unspecified atom stereocenters. The number of hydrogen-bond donors (Lipinski definition) is 0. The summed E-state index contributed by atoms with van der Waals surface area (Å²) in [5.41, 5.74) is 2.15. The third-order valence-electron chi connectivity index (χ3n) is 2.66. The normalized spacial score (nSPS) is 15.3. The topological polar surface area (TPSA) is 25.8 Å². The molecule has 0 aliphatic carbocycles. The summed E-state index contributed by atoms with van der Waals surface area (Å²) in [6.45, 7) is 8.48. The predicted molar refractivity (Wildman–Crippen MR) is 64.3 cm³/mol. The van der Waals surface area contributed by atoms with E-state index in [1.807, 2.05) is 6.92 Å². The third kappa shape index (κ3) is 3.16. The third-order valence-corrected chi connectivity index (χ3v) is 2.93. The summed E-state index contributed by atoms with van der Waals surface area (Å²) in [5, 5.41) is 0.101. The maximum atomic E-state index is 6.21. The smallest absolute Gasteiger partial charge is 0.115 e. The molecule has 15 heavy (non-hydrogen) atoms. The second kappa shape index (κ2) is 5.45. The number of nitrogens with zero attached hydrogens (tertiary/aromatic N) is 2. The summed E-state index contributed by atoms with van der Waals surface area (Å²) >= 11 is 6.21. The predicted octanol–water partition coefficient (Wildman–Crippen LogP) is 3.41. The van der Waals surface area contributed by atoms with Crippen molar-refractivity contribution >= 4 is 11.6 Å². The Morgan fingerprint density at radius 2 is 1.93 bits per heavy atom. The highest BCUT2D eigenvalue weighted by Gasteiger charge is 2.22. The molecule has 84 valence electrons. The first-order valence-corrected chi connectivity index (χ1v) is 5.94. The molecule has 1 aromatic heterocycles. The van der Waals surface area contributed by atoms with Gasteiger partial charge in [-0.05, 0) is 25.3 Å². The summed E-state index contributed by atoms with van der Waals surface area (Å²) < 4.78 is 0. The van der Waals surface area contributed by atoms with Crippen molar-refractivity contribution in [3.05, 3.63) is 23.8 Å². The fraction of sp³-hybridized carbons (Fsp3) is 0.667. The Hall–Kier alpha value is -0.630. The summed E-state index contributed by atoms with van der Waals surface area (Å²) in [5.74, 6) is 0.803. The maximum absolute atomic E-state index is 6.21. The van der Waals surface area contributed by atoms with Gasteiger partial charge in [-0.3, -0.25) is 0 Å². The molecule has 0 aromatic carbocycles. The molecule has 1 heterocycles. The van der Waals surface area contributed by atoms with Crippen molar-refractivity contribution in [1.82, 2.24) is 9.97 Å². The monoisotopic (exact) mass is 226 g/mol. The Kier molecular flexibility index (Phi) is 4.52. The van der Waals surface area contributed by atoms with Crippen LogP contribution < -0.4 is 0 Å². The molecule has 3 heteroatoms. The second-order valence-electron chi connectivity index (χ2n) is 4.24. The number of aromatic nitrogens is 2. The zero-order valence-corrected chi connectivity index (χ0v) is 10.6. The van der Waals surface area contributed by atoms with E-state index in [0.29, 0.717) is 11.8 Å². The number of hydrogen-bond acceptors (Lipinski definition) is 2. The van der Waals surface area contributed by atoms with Crippen molar-refractivity contribution in [1.29, 1.82) is 0 Å². The molecule has 0 spiro atoms. The Morgan fingerprint density at radius 3 is 2.40 bits per heavy atom. The highest BCUT2D eigenvalue weighted by atomic mass is 35.5. The average molecular weight is 227 g/mol. The number of halogens is 1. The molecule has 0 saturated carbocycles. The standard InChI is InChI=1S/C12H19ClN2/c1-5-10-6-11(15-7-14-10)12(8(2)3)9(4)13/h6-9,12H,5H2,1-4H3. The van der Waals surface area contributed by atoms with Crippen LogP contribution in [-0.4, -0.2) is 15.3 Å². The van der Waals surface area contributed by atoms with Gasteiger partial charge in [-0.25, -0.2) is 9.97 Å². The van der Waals surface area contributed by atoms with E-state index in [2.05, 4.69) is 36.8 Å². The Balaban J connectivity index is 3.00. The summed E-state index contributed by atoms with van der Waals surface area (Å²) in [7, 11) is 0. The largest absolute Gasteiger partial charge is 0.241 e. The maximum Gasteiger partial charge on any atom is 0.115 e. The second-order valence-corrected chi connectivity index (χ2v) is 4.92. The van der Waals surface area contributed by atoms with E-state index in [-0.39, 0.29) is 5.38 Å². The van der Waals surface area contributed by atoms with Crippen LogP contribution in [0.3, 0.4) is 0 Å². The van der Waals surface area contributed by atoms with Gasteiger partial charge in [0.2, 0.25) is 0 Å². The minimum Gasteiger partial charge on any atom is -0.241 e. The van der Waals surface area contributed by atoms with E-state index in [4.69, 9.17) is 11.6 Å². The molecule has 1 aromatic rings. The zero-order valence-electron chi connectivity index (χ0n) is 9.87. The van der Waals surface area contributed by atoms with Crippen LogP contribution in [0.4, 0.5) is 0 Å². The van der Waals surface area contributed by atoms with Gasteiger partial charge in [-0.2, -0.15) is 0 Å². The lowest BCUT2D eigenvalue weighted by atomic mass is 9.89. The van der Waals surface area contributed by atoms with Crippen molar-refractivity contribution in [3.8, 4) is 0 Å². The molecule has 0 saturated heterocycles. The van der Waals surface area contributed by atoms with Crippen LogP contribution in [0, 0.1) is 5.92 Å². The van der Waals surface area contributed by atoms with Crippen molar-refractivity contribution in [2.24, 2.45) is 5.92 Å². The molecule has 0 amide bonds. The first-order valence-electron chi connectivity index (χ1n) is 5.51. The average Bonchev–Trinajstić information content (AvgIpc) is 2.17. The van der Waals surface area contributed by atoms with E-state index in [1.165, 1.54) is 0 Å². The first-order chi connectivity index (χ1) is 7.06. The molecule has 1 rings (SSSR count). The van der Waals surface area contributed by atoms with E-state index in [1.54, 1.807) is 6.33 Å². The van der Waals surface area contributed by atoms with Gasteiger partial charge in [-0.15, -0.1) is 11.6 Å². The van der Waals surface area contributed by atoms with E-state index < -0.39 is 0 Å². The SMILES string of the molecule is CCc1cc(C(C(C)C)C(C)Cl)ncn1. The van der Waals surface area contributed by atoms with Crippen LogP contribution >= 0.6 is 11.6 Å². The van der Waals surface area contributed by atoms with Crippen molar-refractivity contribution < 1.29 is 0 Å². The Labute approximate surface area is 97.1 Å². The first kappa shape index (κ1) is 12.4. The lowest BCUT2D eigenvalue weighted by Crippen LogP contribution is -2.17. The van der Waals surface area contributed by atoms with Crippen LogP contribution in [0.25, 0.3) is 0 Å². The van der Waals surface area contributed by atoms with Gasteiger partial charge in [0.25, 0.3) is 0 Å². The fourth-order valence-electron chi connectivity index (χ4n) is 1.90. The van der Waals surface area contributed by atoms with Crippen LogP contribution in [0.15, 0.2) is 12.4 Å². The fourth-order valence-corrected chi connectivity index (χ4v) is 2.32. The number of alkyl halides is 1. The lowest BCUT2D eigenvalue weighted by Gasteiger charge is -2.22. The van der Waals surface area contributed by atoms with Gasteiger partial charge in [0.1, 0.15) is 6.33 Å². The molecule has 0 fully saturated rings. The highest BCUT2D eigenvalue weighted by molar-refractivity contribution is 6.20. The van der Waals surface area contributed by atoms with E-state index >= 15 is 0 Å². The number of aryl methyl sites for hydroxylation is 1. The van der Waals surface area contributed by atoms with Crippen molar-refractivity contribution in [2.75, 3.05) is 0 Å². The Bertz CT molecular complexity index is 302. The molecular weight excluding hydrogens is 208 g/mol. The van der Waals surface area contributed by atoms with E-state index in [9.17, 15) is 0 Å². The zero-order chi connectivity index (χ0) is 11.4. The van der Waals surface area contributed by atoms with Crippen molar-refractivity contribution in [3.63, 3.8) is 0 Å². The van der Waals surface area contributed by atoms with Gasteiger partial charge in [0, 0.05) is 22.7 Å². The summed E-state index contributed by atoms with van der Waals surface area (Å²) in [6.07, 6.45) is 2.58. The minimum atomic E-state index is 0.101. The molecule has 0 bridgehead atoms. The van der Waals surface area contributed by atoms with E-state index in [0.717, 1.165) is 17.8 Å². The molecule has 0 radical (unpaired) electrons. The van der Waals surface area contributed by atoms with Gasteiger partial charge < -0.3 is 0 Å². The van der Waals surface area contributed by atoms with Crippen LogP contribution in [0.1, 0.15) is 45.0 Å². The van der Waals surface area contributed by atoms with Crippen molar-refractivity contribution in [2.45, 2.75) is 45.4 Å². The molecule has 0 N–H and O–H groups in total. The van der Waals surface area contributed by atoms with Crippen LogP contribution in [-0.2, 0) is 6.42 Å². The highest BCUT2D eigenvalue weighted by Crippen LogP contribution is 2.29. The minimum absolute atomic E-state index is 0.101. The molecule has 0 aliphatic rings. The van der Waals surface area contributed by atoms with Gasteiger partial charge >= 0.3 is 0 Å². The summed E-state index contributed by atoms with van der Waals surface area (Å²) in [6, 6.07) is 2.07. The lowest BCUT2D eigenvalue weighted by molar-refractivity contribution is 0.478. The van der Waals surface area contributed by atoms with Gasteiger partial charge in [0.15, 0.2) is 0 Å². The molecular formula is C12H19ClN2. The van der Waals surface area contributed by atoms with Crippen LogP contribution in [0.5, 0.6) is 0 Å². The van der Waals surface area contributed by atoms with Gasteiger partial charge in [-0.1, -0.05) is 20.8 Å². The molecule has 0 aliphatic heterocycles. The quantitative estimate of drug-likeness (QED) is 0.736. The molecule has 2 atom stereocenters. The number of rotatable bonds is 4. The summed E-state index contributed by atoms with van der Waals surface area (Å²) in [4.78, 5) is 8.54. The molecule has 2 nitrogen and oxygen atoms in total. The Morgan fingerprint density at radius 1 is 1.27 bits per heavy atom. The van der Waals surface area contributed by atoms with Gasteiger partial charge in [0.05, 0.1) is 0 Å².